The van der Waals surface area contributed by atoms with Gasteiger partial charge in [-0.05, 0) is 45.1 Å². The maximum Gasteiger partial charge on any atom is 0.217 e. The van der Waals surface area contributed by atoms with Crippen molar-refractivity contribution in [3.05, 3.63) is 0 Å². The van der Waals surface area contributed by atoms with E-state index in [0.717, 1.165) is 51.6 Å². The van der Waals surface area contributed by atoms with Gasteiger partial charge in [-0.25, -0.2) is 0 Å². The average Bonchev–Trinajstić information content (AvgIpc) is 3.06. The second-order valence-corrected chi connectivity index (χ2v) is 7.57. The van der Waals surface area contributed by atoms with Crippen LogP contribution in [0.15, 0.2) is 4.99 Å². The van der Waals surface area contributed by atoms with Crippen LogP contribution in [0.2, 0.25) is 0 Å². The molecule has 3 aliphatic heterocycles. The molecule has 0 saturated carbocycles. The van der Waals surface area contributed by atoms with Gasteiger partial charge >= 0.3 is 0 Å². The van der Waals surface area contributed by atoms with Gasteiger partial charge in [-0.15, -0.1) is 24.0 Å². The Morgan fingerprint density at radius 2 is 2.08 bits per heavy atom. The van der Waals surface area contributed by atoms with Crippen LogP contribution in [0, 0.1) is 5.92 Å². The molecule has 0 bridgehead atoms. The normalized spacial score (nSPS) is 29.8. The summed E-state index contributed by atoms with van der Waals surface area (Å²) in [5.74, 6) is 1.08. The van der Waals surface area contributed by atoms with Crippen LogP contribution in [0.3, 0.4) is 0 Å². The molecular formula is C18H34IN5O2. The summed E-state index contributed by atoms with van der Waals surface area (Å²) < 4.78 is 6.03. The Morgan fingerprint density at radius 3 is 2.85 bits per heavy atom. The highest BCUT2D eigenvalue weighted by molar-refractivity contribution is 14.0. The number of amides is 1. The molecule has 3 fully saturated rings. The number of carbonyl (C=O) groups excluding carboxylic acids is 1. The smallest absolute Gasteiger partial charge is 0.217 e. The van der Waals surface area contributed by atoms with Crippen LogP contribution < -0.4 is 11.1 Å². The molecule has 26 heavy (non-hydrogen) atoms. The first-order chi connectivity index (χ1) is 12.2. The Hall–Kier alpha value is -0.610. The van der Waals surface area contributed by atoms with Crippen molar-refractivity contribution >= 4 is 35.8 Å². The van der Waals surface area contributed by atoms with Gasteiger partial charge in [0.25, 0.3) is 0 Å². The van der Waals surface area contributed by atoms with Gasteiger partial charge in [0.1, 0.15) is 0 Å². The lowest BCUT2D eigenvalue weighted by molar-refractivity contribution is -0.119. The van der Waals surface area contributed by atoms with Crippen molar-refractivity contribution in [3.63, 3.8) is 0 Å². The number of halogens is 1. The number of hydrogen-bond acceptors (Lipinski definition) is 4. The summed E-state index contributed by atoms with van der Waals surface area (Å²) in [5.41, 5.74) is 5.38. The molecule has 1 amide bonds. The van der Waals surface area contributed by atoms with Gasteiger partial charge < -0.3 is 20.7 Å². The van der Waals surface area contributed by atoms with E-state index in [1.165, 1.54) is 19.4 Å². The summed E-state index contributed by atoms with van der Waals surface area (Å²) in [6.45, 7) is 8.52. The predicted octanol–water partition coefficient (Wildman–Crippen LogP) is 1.02. The molecule has 3 rings (SSSR count). The zero-order chi connectivity index (χ0) is 17.6. The first-order valence-corrected chi connectivity index (χ1v) is 9.83. The van der Waals surface area contributed by atoms with Crippen LogP contribution in [-0.4, -0.2) is 79.7 Å². The number of nitrogens with zero attached hydrogens (tertiary/aromatic N) is 3. The van der Waals surface area contributed by atoms with Crippen molar-refractivity contribution in [1.29, 1.82) is 0 Å². The third-order valence-electron chi connectivity index (χ3n) is 5.55. The SMILES string of the molecule is CCNC(=NCC1CN2CCCC2CO1)N1CCCC(CC(N)=O)C1.I. The summed E-state index contributed by atoms with van der Waals surface area (Å²) in [6, 6.07) is 0.630. The molecule has 3 atom stereocenters. The zero-order valence-electron chi connectivity index (χ0n) is 15.9. The Morgan fingerprint density at radius 1 is 1.27 bits per heavy atom. The van der Waals surface area contributed by atoms with Crippen LogP contribution in [0.4, 0.5) is 0 Å². The Kier molecular flexibility index (Phi) is 8.89. The molecule has 150 valence electrons. The largest absolute Gasteiger partial charge is 0.373 e. The predicted molar refractivity (Wildman–Crippen MR) is 114 cm³/mol. The van der Waals surface area contributed by atoms with Crippen molar-refractivity contribution in [1.82, 2.24) is 15.1 Å². The summed E-state index contributed by atoms with van der Waals surface area (Å²) in [7, 11) is 0. The fraction of sp³-hybridized carbons (Fsp3) is 0.889. The fourth-order valence-electron chi connectivity index (χ4n) is 4.32. The van der Waals surface area contributed by atoms with Crippen molar-refractivity contribution in [2.24, 2.45) is 16.6 Å². The second-order valence-electron chi connectivity index (χ2n) is 7.57. The van der Waals surface area contributed by atoms with E-state index in [1.807, 2.05) is 0 Å². The average molecular weight is 479 g/mol. The molecule has 3 saturated heterocycles. The molecule has 0 aromatic heterocycles. The molecule has 3 unspecified atom stereocenters. The molecule has 0 aliphatic carbocycles. The van der Waals surface area contributed by atoms with Crippen LogP contribution >= 0.6 is 24.0 Å². The lowest BCUT2D eigenvalue weighted by atomic mass is 9.95. The van der Waals surface area contributed by atoms with Gasteiger partial charge in [-0.1, -0.05) is 0 Å². The monoisotopic (exact) mass is 479 g/mol. The van der Waals surface area contributed by atoms with E-state index in [1.54, 1.807) is 0 Å². The van der Waals surface area contributed by atoms with Crippen molar-refractivity contribution in [3.8, 4) is 0 Å². The Labute approximate surface area is 174 Å². The first kappa shape index (κ1) is 21.7. The van der Waals surface area contributed by atoms with Gasteiger partial charge in [0.05, 0.1) is 19.3 Å². The van der Waals surface area contributed by atoms with Crippen molar-refractivity contribution < 1.29 is 9.53 Å². The molecule has 0 aromatic carbocycles. The van der Waals surface area contributed by atoms with Gasteiger partial charge in [-0.3, -0.25) is 14.7 Å². The standard InChI is InChI=1S/C18H33N5O2.HI/c1-2-20-18(23-8-3-5-14(11-23)9-17(19)24)21-10-16-12-22-7-4-6-15(22)13-25-16;/h14-16H,2-13H2,1H3,(H2,19,24)(H,20,21);1H. The third kappa shape index (κ3) is 5.95. The van der Waals surface area contributed by atoms with E-state index in [2.05, 4.69) is 22.0 Å². The van der Waals surface area contributed by atoms with E-state index in [4.69, 9.17) is 15.5 Å². The Balaban J connectivity index is 0.00000243. The van der Waals surface area contributed by atoms with Gasteiger partial charge in [0, 0.05) is 38.6 Å². The quantitative estimate of drug-likeness (QED) is 0.350. The van der Waals surface area contributed by atoms with E-state index < -0.39 is 0 Å². The summed E-state index contributed by atoms with van der Waals surface area (Å²) in [5, 5.41) is 3.40. The molecule has 3 N–H and O–H groups in total. The highest BCUT2D eigenvalue weighted by Gasteiger charge is 2.32. The number of nitrogens with two attached hydrogens (primary N) is 1. The maximum absolute atomic E-state index is 11.2. The van der Waals surface area contributed by atoms with Gasteiger partial charge in [0.15, 0.2) is 5.96 Å². The second kappa shape index (κ2) is 10.7. The molecular weight excluding hydrogens is 445 g/mol. The molecule has 7 nitrogen and oxygen atoms in total. The number of aliphatic imine (C=N–C) groups is 1. The molecule has 0 spiro atoms. The lowest BCUT2D eigenvalue weighted by Gasteiger charge is -2.36. The van der Waals surface area contributed by atoms with E-state index in [-0.39, 0.29) is 36.0 Å². The number of hydrogen-bond donors (Lipinski definition) is 2. The highest BCUT2D eigenvalue weighted by atomic mass is 127. The summed E-state index contributed by atoms with van der Waals surface area (Å²) >= 11 is 0. The minimum atomic E-state index is -0.204. The van der Waals surface area contributed by atoms with Crippen LogP contribution in [0.5, 0.6) is 0 Å². The number of primary amides is 1. The molecule has 0 radical (unpaired) electrons. The summed E-state index contributed by atoms with van der Waals surface area (Å²) in [6.07, 6.45) is 5.38. The number of guanidine groups is 1. The first-order valence-electron chi connectivity index (χ1n) is 9.83. The minimum Gasteiger partial charge on any atom is -0.373 e. The molecule has 0 aromatic rings. The van der Waals surface area contributed by atoms with E-state index >= 15 is 0 Å². The van der Waals surface area contributed by atoms with E-state index in [9.17, 15) is 4.79 Å². The fourth-order valence-corrected chi connectivity index (χ4v) is 4.32. The third-order valence-corrected chi connectivity index (χ3v) is 5.55. The van der Waals surface area contributed by atoms with Crippen LogP contribution in [0.25, 0.3) is 0 Å². The lowest BCUT2D eigenvalue weighted by Crippen LogP contribution is -2.49. The number of carbonyl (C=O) groups is 1. The van der Waals surface area contributed by atoms with Gasteiger partial charge in [-0.2, -0.15) is 0 Å². The number of rotatable bonds is 5. The minimum absolute atomic E-state index is 0. The highest BCUT2D eigenvalue weighted by Crippen LogP contribution is 2.23. The topological polar surface area (TPSA) is 83.2 Å². The molecule has 3 aliphatic rings. The zero-order valence-corrected chi connectivity index (χ0v) is 18.2. The van der Waals surface area contributed by atoms with E-state index in [0.29, 0.717) is 24.9 Å². The number of nitrogens with one attached hydrogen (secondary N) is 1. The summed E-state index contributed by atoms with van der Waals surface area (Å²) in [4.78, 5) is 20.9. The van der Waals surface area contributed by atoms with Gasteiger partial charge in [0.2, 0.25) is 5.91 Å². The molecule has 8 heteroatoms. The number of morpholine rings is 1. The number of likely N-dealkylation sites (tertiary alicyclic amines) is 1. The van der Waals surface area contributed by atoms with Crippen LogP contribution in [0.1, 0.15) is 39.0 Å². The van der Waals surface area contributed by atoms with Crippen molar-refractivity contribution in [2.75, 3.05) is 45.9 Å². The van der Waals surface area contributed by atoms with Crippen molar-refractivity contribution in [2.45, 2.75) is 51.2 Å². The number of fused-ring (bicyclic) bond motifs is 1. The number of piperidine rings is 1. The van der Waals surface area contributed by atoms with Crippen LogP contribution in [-0.2, 0) is 9.53 Å². The number of ether oxygens (including phenoxy) is 1. The molecule has 3 heterocycles. The maximum atomic E-state index is 11.2. The Bertz CT molecular complexity index is 490.